The van der Waals surface area contributed by atoms with Crippen LogP contribution in [0.3, 0.4) is 0 Å². The van der Waals surface area contributed by atoms with Crippen LogP contribution in [0.15, 0.2) is 29.0 Å². The van der Waals surface area contributed by atoms with Gasteiger partial charge in [-0.15, -0.1) is 0 Å². The zero-order valence-electron chi connectivity index (χ0n) is 17.3. The highest BCUT2D eigenvalue weighted by atomic mass is 16.5. The largest absolute Gasteiger partial charge is 0.338 e. The molecule has 1 atom stereocenters. The van der Waals surface area contributed by atoms with Crippen LogP contribution in [0.5, 0.6) is 0 Å². The monoisotopic (exact) mass is 394 g/mol. The summed E-state index contributed by atoms with van der Waals surface area (Å²) in [5.74, 6) is 2.54. The van der Waals surface area contributed by atoms with Gasteiger partial charge in [0.2, 0.25) is 0 Å². The van der Waals surface area contributed by atoms with E-state index < -0.39 is 0 Å². The second-order valence-corrected chi connectivity index (χ2v) is 8.07. The Balaban J connectivity index is 1.55. The van der Waals surface area contributed by atoms with Crippen LogP contribution in [0, 0.1) is 12.8 Å². The van der Waals surface area contributed by atoms with E-state index in [1.807, 2.05) is 37.8 Å². The number of hydrogen-bond acceptors (Lipinski definition) is 6. The van der Waals surface area contributed by atoms with Crippen LogP contribution < -0.4 is 0 Å². The van der Waals surface area contributed by atoms with Gasteiger partial charge >= 0.3 is 0 Å². The number of amides is 1. The third-order valence-corrected chi connectivity index (χ3v) is 5.35. The molecule has 0 saturated carbocycles. The number of pyridine rings is 1. The highest BCUT2D eigenvalue weighted by Crippen LogP contribution is 2.22. The molecule has 0 bridgehead atoms. The number of piperidine rings is 1. The molecule has 0 aliphatic carbocycles. The molecule has 4 rings (SSSR count). The number of likely N-dealkylation sites (tertiary alicyclic amines) is 1. The molecule has 1 amide bonds. The number of nitrogens with zero attached hydrogens (tertiary/aromatic N) is 6. The van der Waals surface area contributed by atoms with Gasteiger partial charge in [0.15, 0.2) is 11.6 Å². The third kappa shape index (κ3) is 3.79. The molecule has 8 nitrogen and oxygen atoms in total. The second-order valence-electron chi connectivity index (χ2n) is 8.07. The molecule has 0 N–H and O–H groups in total. The molecule has 1 aliphatic heterocycles. The van der Waals surface area contributed by atoms with Crippen LogP contribution in [-0.4, -0.2) is 48.8 Å². The van der Waals surface area contributed by atoms with Gasteiger partial charge in [-0.1, -0.05) is 25.9 Å². The fourth-order valence-electron chi connectivity index (χ4n) is 3.62. The first-order valence-electron chi connectivity index (χ1n) is 10.1. The van der Waals surface area contributed by atoms with Gasteiger partial charge < -0.3 is 9.42 Å². The van der Waals surface area contributed by atoms with E-state index in [1.54, 1.807) is 17.1 Å². The Morgan fingerprint density at radius 2 is 2.10 bits per heavy atom. The molecule has 0 aromatic carbocycles. The maximum Gasteiger partial charge on any atom is 0.259 e. The van der Waals surface area contributed by atoms with Crippen LogP contribution in [0.4, 0.5) is 0 Å². The van der Waals surface area contributed by atoms with Crippen molar-refractivity contribution in [2.75, 3.05) is 13.1 Å². The maximum atomic E-state index is 12.9. The predicted octanol–water partition coefficient (Wildman–Crippen LogP) is 3.62. The molecule has 0 unspecified atom stereocenters. The van der Waals surface area contributed by atoms with Crippen molar-refractivity contribution in [2.45, 2.75) is 46.5 Å². The zero-order valence-corrected chi connectivity index (χ0v) is 17.3. The van der Waals surface area contributed by atoms with Crippen molar-refractivity contribution in [2.24, 2.45) is 5.92 Å². The number of aromatic nitrogens is 5. The third-order valence-electron chi connectivity index (χ3n) is 5.35. The maximum absolute atomic E-state index is 12.9. The smallest absolute Gasteiger partial charge is 0.259 e. The lowest BCUT2D eigenvalue weighted by Gasteiger charge is -2.30. The van der Waals surface area contributed by atoms with Gasteiger partial charge in [-0.2, -0.15) is 10.1 Å². The van der Waals surface area contributed by atoms with Crippen molar-refractivity contribution >= 4 is 5.91 Å². The lowest BCUT2D eigenvalue weighted by molar-refractivity contribution is 0.0682. The second kappa shape index (κ2) is 7.77. The van der Waals surface area contributed by atoms with Gasteiger partial charge in [0.1, 0.15) is 0 Å². The minimum atomic E-state index is 0.0454. The normalized spacial score (nSPS) is 17.1. The molecule has 152 valence electrons. The van der Waals surface area contributed by atoms with Gasteiger partial charge in [0, 0.05) is 25.2 Å². The van der Waals surface area contributed by atoms with Crippen molar-refractivity contribution in [3.8, 4) is 17.3 Å². The molecule has 3 aromatic rings. The van der Waals surface area contributed by atoms with E-state index in [1.165, 1.54) is 6.42 Å². The minimum Gasteiger partial charge on any atom is -0.338 e. The number of carbonyl (C=O) groups is 1. The zero-order chi connectivity index (χ0) is 20.5. The molecule has 0 spiro atoms. The number of carbonyl (C=O) groups excluding carboxylic acids is 1. The molecule has 3 aromatic heterocycles. The molecule has 8 heteroatoms. The van der Waals surface area contributed by atoms with Crippen LogP contribution in [0.2, 0.25) is 0 Å². The first kappa shape index (κ1) is 19.3. The van der Waals surface area contributed by atoms with E-state index in [0.29, 0.717) is 29.0 Å². The Hall–Kier alpha value is -3.03. The molecule has 29 heavy (non-hydrogen) atoms. The van der Waals surface area contributed by atoms with Crippen LogP contribution in [0.1, 0.15) is 61.4 Å². The summed E-state index contributed by atoms with van der Waals surface area (Å²) in [6.45, 7) is 9.73. The van der Waals surface area contributed by atoms with E-state index in [0.717, 1.165) is 30.8 Å². The summed E-state index contributed by atoms with van der Waals surface area (Å²) >= 11 is 0. The average Bonchev–Trinajstić information content (AvgIpc) is 3.35. The van der Waals surface area contributed by atoms with E-state index in [2.05, 4.69) is 27.1 Å². The van der Waals surface area contributed by atoms with E-state index in [9.17, 15) is 4.79 Å². The summed E-state index contributed by atoms with van der Waals surface area (Å²) in [5.41, 5.74) is 2.16. The van der Waals surface area contributed by atoms with Crippen molar-refractivity contribution < 1.29 is 9.32 Å². The van der Waals surface area contributed by atoms with Crippen LogP contribution in [0.25, 0.3) is 17.3 Å². The highest BCUT2D eigenvalue weighted by Gasteiger charge is 2.25. The summed E-state index contributed by atoms with van der Waals surface area (Å²) in [6, 6.07) is 3.71. The van der Waals surface area contributed by atoms with E-state index in [-0.39, 0.29) is 11.8 Å². The lowest BCUT2D eigenvalue weighted by atomic mass is 9.99. The van der Waals surface area contributed by atoms with Crippen molar-refractivity contribution in [3.05, 3.63) is 41.6 Å². The number of rotatable bonds is 4. The Morgan fingerprint density at radius 1 is 1.28 bits per heavy atom. The summed E-state index contributed by atoms with van der Waals surface area (Å²) in [5, 5.41) is 8.39. The Labute approximate surface area is 169 Å². The van der Waals surface area contributed by atoms with Gasteiger partial charge in [0.05, 0.1) is 23.0 Å². The van der Waals surface area contributed by atoms with Crippen LogP contribution >= 0.6 is 0 Å². The van der Waals surface area contributed by atoms with Gasteiger partial charge in [-0.3, -0.25) is 4.79 Å². The summed E-state index contributed by atoms with van der Waals surface area (Å²) in [4.78, 5) is 23.7. The van der Waals surface area contributed by atoms with Gasteiger partial charge in [0.25, 0.3) is 11.8 Å². The standard InChI is InChI=1S/C21H26N6O2/c1-13(2)19-24-20(29-25-19)16-7-8-18(22-10-16)27-15(4)17(11-23-27)21(28)26-9-5-6-14(3)12-26/h7-8,10-11,13-14H,5-6,9,12H2,1-4H3/t14-/m0/s1. The number of hydrogen-bond donors (Lipinski definition) is 0. The van der Waals surface area contributed by atoms with Crippen molar-refractivity contribution in [3.63, 3.8) is 0 Å². The van der Waals surface area contributed by atoms with E-state index in [4.69, 9.17) is 4.52 Å². The fraction of sp³-hybridized carbons (Fsp3) is 0.476. The molecular weight excluding hydrogens is 368 g/mol. The molecular formula is C21H26N6O2. The van der Waals surface area contributed by atoms with Gasteiger partial charge in [-0.05, 0) is 37.8 Å². The SMILES string of the molecule is Cc1c(C(=O)N2CCC[C@H](C)C2)cnn1-c1ccc(-c2nc(C(C)C)no2)cn1. The van der Waals surface area contributed by atoms with Gasteiger partial charge in [-0.25, -0.2) is 9.67 Å². The fourth-order valence-corrected chi connectivity index (χ4v) is 3.62. The highest BCUT2D eigenvalue weighted by molar-refractivity contribution is 5.95. The Bertz CT molecular complexity index is 1000. The molecule has 0 radical (unpaired) electrons. The Morgan fingerprint density at radius 3 is 2.76 bits per heavy atom. The predicted molar refractivity (Wildman–Crippen MR) is 108 cm³/mol. The Kier molecular flexibility index (Phi) is 5.17. The van der Waals surface area contributed by atoms with E-state index >= 15 is 0 Å². The topological polar surface area (TPSA) is 89.9 Å². The van der Waals surface area contributed by atoms with Crippen molar-refractivity contribution in [1.82, 2.24) is 29.8 Å². The summed E-state index contributed by atoms with van der Waals surface area (Å²) in [6.07, 6.45) is 5.55. The average molecular weight is 394 g/mol. The molecule has 4 heterocycles. The molecule has 1 fully saturated rings. The first-order valence-corrected chi connectivity index (χ1v) is 10.1. The minimum absolute atomic E-state index is 0.0454. The summed E-state index contributed by atoms with van der Waals surface area (Å²) in [7, 11) is 0. The molecule has 1 aliphatic rings. The lowest BCUT2D eigenvalue weighted by Crippen LogP contribution is -2.39. The quantitative estimate of drug-likeness (QED) is 0.671. The van der Waals surface area contributed by atoms with Crippen LogP contribution in [-0.2, 0) is 0 Å². The van der Waals surface area contributed by atoms with Crippen molar-refractivity contribution in [1.29, 1.82) is 0 Å². The summed E-state index contributed by atoms with van der Waals surface area (Å²) < 4.78 is 7.01. The first-order chi connectivity index (χ1) is 13.9. The molecule has 1 saturated heterocycles.